The second kappa shape index (κ2) is 9.48. The maximum atomic E-state index is 12.9. The highest BCUT2D eigenvalue weighted by Gasteiger charge is 2.43. The van der Waals surface area contributed by atoms with E-state index in [9.17, 15) is 9.59 Å². The molecule has 0 radical (unpaired) electrons. The number of carbonyl (C=O) groups is 2. The number of nitrogens with one attached hydrogen (secondary N) is 1. The Morgan fingerprint density at radius 1 is 0.971 bits per heavy atom. The smallest absolute Gasteiger partial charge is 0.251 e. The number of carbonyl (C=O) groups excluding carboxylic acids is 2. The molecule has 0 unspecified atom stereocenters. The van der Waals surface area contributed by atoms with Crippen molar-refractivity contribution >= 4 is 22.5 Å². The first-order valence-electron chi connectivity index (χ1n) is 11.5. The van der Waals surface area contributed by atoms with E-state index in [0.717, 1.165) is 39.6 Å². The van der Waals surface area contributed by atoms with Crippen LogP contribution in [0, 0.1) is 5.92 Å². The number of hydrogen-bond donors (Lipinski definition) is 1. The molecule has 1 aliphatic rings. The molecular formula is C29H26N2O3. The monoisotopic (exact) mass is 450 g/mol. The predicted molar refractivity (Wildman–Crippen MR) is 132 cm³/mol. The number of Topliss-reactive ketones (excluding diaryl/α,β-unsaturated/α-hetero) is 1. The van der Waals surface area contributed by atoms with Gasteiger partial charge in [-0.2, -0.15) is 0 Å². The molecule has 0 spiro atoms. The summed E-state index contributed by atoms with van der Waals surface area (Å²) >= 11 is 0. The van der Waals surface area contributed by atoms with Gasteiger partial charge in [-0.1, -0.05) is 42.5 Å². The molecule has 1 aromatic heterocycles. The molecule has 4 aromatic rings. The molecule has 5 nitrogen and oxygen atoms in total. The van der Waals surface area contributed by atoms with Gasteiger partial charge in [0.05, 0.1) is 7.11 Å². The lowest BCUT2D eigenvalue weighted by atomic mass is 10.00. The predicted octanol–water partition coefficient (Wildman–Crippen LogP) is 5.09. The van der Waals surface area contributed by atoms with E-state index in [0.29, 0.717) is 18.5 Å². The maximum Gasteiger partial charge on any atom is 0.251 e. The Hall–Kier alpha value is -3.99. The Morgan fingerprint density at radius 2 is 1.79 bits per heavy atom. The fourth-order valence-corrected chi connectivity index (χ4v) is 4.43. The molecule has 0 aliphatic heterocycles. The van der Waals surface area contributed by atoms with Crippen LogP contribution in [0.3, 0.4) is 0 Å². The zero-order valence-corrected chi connectivity index (χ0v) is 19.0. The Balaban J connectivity index is 1.19. The van der Waals surface area contributed by atoms with Crippen LogP contribution in [0.4, 0.5) is 0 Å². The summed E-state index contributed by atoms with van der Waals surface area (Å²) in [5, 5.41) is 5.14. The highest BCUT2D eigenvalue weighted by Crippen LogP contribution is 2.48. The molecule has 1 fully saturated rings. The number of ether oxygens (including phenoxy) is 1. The minimum absolute atomic E-state index is 0.0192. The number of fused-ring (bicyclic) bond motifs is 1. The first kappa shape index (κ1) is 21.8. The van der Waals surface area contributed by atoms with E-state index in [1.165, 1.54) is 0 Å². The van der Waals surface area contributed by atoms with E-state index < -0.39 is 0 Å². The third-order valence-electron chi connectivity index (χ3n) is 6.48. The quantitative estimate of drug-likeness (QED) is 0.406. The van der Waals surface area contributed by atoms with Gasteiger partial charge in [0.15, 0.2) is 0 Å². The van der Waals surface area contributed by atoms with Crippen molar-refractivity contribution in [1.82, 2.24) is 10.3 Å². The molecular weight excluding hydrogens is 424 g/mol. The largest absolute Gasteiger partial charge is 0.497 e. The van der Waals surface area contributed by atoms with E-state index in [4.69, 9.17) is 4.74 Å². The summed E-state index contributed by atoms with van der Waals surface area (Å²) in [5.74, 6) is 1.13. The van der Waals surface area contributed by atoms with E-state index in [1.807, 2.05) is 72.9 Å². The van der Waals surface area contributed by atoms with E-state index >= 15 is 0 Å². The summed E-state index contributed by atoms with van der Waals surface area (Å²) in [6.07, 6.45) is 4.87. The van der Waals surface area contributed by atoms with Crippen molar-refractivity contribution in [2.24, 2.45) is 5.92 Å². The normalized spacial score (nSPS) is 16.7. The summed E-state index contributed by atoms with van der Waals surface area (Å²) < 4.78 is 5.17. The zero-order valence-electron chi connectivity index (χ0n) is 19.0. The van der Waals surface area contributed by atoms with Crippen LogP contribution in [0.2, 0.25) is 0 Å². The van der Waals surface area contributed by atoms with E-state index in [2.05, 4.69) is 16.4 Å². The molecule has 5 rings (SSSR count). The molecule has 1 amide bonds. The fourth-order valence-electron chi connectivity index (χ4n) is 4.43. The van der Waals surface area contributed by atoms with Gasteiger partial charge >= 0.3 is 0 Å². The first-order chi connectivity index (χ1) is 16.6. The summed E-state index contributed by atoms with van der Waals surface area (Å²) in [6.45, 7) is 0.444. The van der Waals surface area contributed by atoms with E-state index in [-0.39, 0.29) is 23.5 Å². The van der Waals surface area contributed by atoms with Crippen LogP contribution in [-0.4, -0.2) is 23.8 Å². The van der Waals surface area contributed by atoms with Crippen molar-refractivity contribution in [2.75, 3.05) is 7.11 Å². The second-order valence-corrected chi connectivity index (χ2v) is 8.81. The van der Waals surface area contributed by atoms with Crippen molar-refractivity contribution in [3.05, 3.63) is 107 Å². The molecule has 0 bridgehead atoms. The third-order valence-corrected chi connectivity index (χ3v) is 6.48. The molecule has 1 N–H and O–H groups in total. The van der Waals surface area contributed by atoms with Crippen molar-refractivity contribution in [1.29, 1.82) is 0 Å². The number of aromatic nitrogens is 1. The number of rotatable bonds is 8. The SMILES string of the molecule is COc1ccc(CNC(=O)c2cccc([C@@H]3C[C@H]3C(=O)Cc3ccc4cnccc4c3)c2)cc1. The summed E-state index contributed by atoms with van der Waals surface area (Å²) in [7, 11) is 1.63. The van der Waals surface area contributed by atoms with Crippen molar-refractivity contribution in [2.45, 2.75) is 25.3 Å². The summed E-state index contributed by atoms with van der Waals surface area (Å²) in [4.78, 5) is 29.7. The van der Waals surface area contributed by atoms with Crippen molar-refractivity contribution < 1.29 is 14.3 Å². The first-order valence-corrected chi connectivity index (χ1v) is 11.5. The third kappa shape index (κ3) is 4.84. The van der Waals surface area contributed by atoms with Gasteiger partial charge in [-0.3, -0.25) is 14.6 Å². The molecule has 5 heteroatoms. The molecule has 2 atom stereocenters. The van der Waals surface area contributed by atoms with Crippen LogP contribution in [-0.2, 0) is 17.8 Å². The number of benzene rings is 3. The van der Waals surface area contributed by atoms with Gasteiger partial charge < -0.3 is 10.1 Å². The van der Waals surface area contributed by atoms with Gasteiger partial charge in [0.1, 0.15) is 11.5 Å². The number of methoxy groups -OCH3 is 1. The lowest BCUT2D eigenvalue weighted by molar-refractivity contribution is -0.119. The number of nitrogens with zero attached hydrogens (tertiary/aromatic N) is 1. The van der Waals surface area contributed by atoms with Crippen LogP contribution in [0.1, 0.15) is 39.4 Å². The maximum absolute atomic E-state index is 12.9. The highest BCUT2D eigenvalue weighted by molar-refractivity contribution is 5.94. The Bertz CT molecular complexity index is 1350. The lowest BCUT2D eigenvalue weighted by Crippen LogP contribution is -2.22. The van der Waals surface area contributed by atoms with Crippen LogP contribution >= 0.6 is 0 Å². The summed E-state index contributed by atoms with van der Waals surface area (Å²) in [5.41, 5.74) is 3.71. The van der Waals surface area contributed by atoms with Gasteiger partial charge in [-0.05, 0) is 64.7 Å². The Labute approximate surface area is 198 Å². The number of ketones is 1. The van der Waals surface area contributed by atoms with Gasteiger partial charge in [0.25, 0.3) is 5.91 Å². The topological polar surface area (TPSA) is 68.3 Å². The minimum atomic E-state index is -0.119. The minimum Gasteiger partial charge on any atom is -0.497 e. The second-order valence-electron chi connectivity index (χ2n) is 8.81. The van der Waals surface area contributed by atoms with Crippen molar-refractivity contribution in [3.8, 4) is 5.75 Å². The average molecular weight is 451 g/mol. The Morgan fingerprint density at radius 3 is 2.62 bits per heavy atom. The summed E-state index contributed by atoms with van der Waals surface area (Å²) in [6, 6.07) is 23.3. The van der Waals surface area contributed by atoms with Crippen molar-refractivity contribution in [3.63, 3.8) is 0 Å². The molecule has 3 aromatic carbocycles. The fraction of sp³-hybridized carbons (Fsp3) is 0.207. The van der Waals surface area contributed by atoms with Crippen LogP contribution in [0.15, 0.2) is 85.2 Å². The van der Waals surface area contributed by atoms with Crippen LogP contribution in [0.25, 0.3) is 10.8 Å². The lowest BCUT2D eigenvalue weighted by Gasteiger charge is -2.08. The van der Waals surface area contributed by atoms with Gasteiger partial charge in [0.2, 0.25) is 0 Å². The Kier molecular flexibility index (Phi) is 6.09. The molecule has 0 saturated heterocycles. The molecule has 1 heterocycles. The zero-order chi connectivity index (χ0) is 23.5. The van der Waals surface area contributed by atoms with Gasteiger partial charge in [0, 0.05) is 42.2 Å². The number of amides is 1. The number of pyridine rings is 1. The van der Waals surface area contributed by atoms with E-state index in [1.54, 1.807) is 13.3 Å². The highest BCUT2D eigenvalue weighted by atomic mass is 16.5. The molecule has 1 saturated carbocycles. The number of hydrogen-bond acceptors (Lipinski definition) is 4. The molecule has 1 aliphatic carbocycles. The van der Waals surface area contributed by atoms with Gasteiger partial charge in [-0.15, -0.1) is 0 Å². The van der Waals surface area contributed by atoms with Crippen LogP contribution < -0.4 is 10.1 Å². The molecule has 34 heavy (non-hydrogen) atoms. The van der Waals surface area contributed by atoms with Gasteiger partial charge in [-0.25, -0.2) is 0 Å². The standard InChI is InChI=1S/C29H26N2O3/c1-34-25-9-6-19(7-10-25)17-31-29(33)23-4-2-3-22(15-23)26-16-27(26)28(32)14-20-5-8-24-18-30-12-11-21(24)13-20/h2-13,15,18,26-27H,14,16-17H2,1H3,(H,31,33)/t26-,27+/m0/s1. The van der Waals surface area contributed by atoms with Crippen LogP contribution in [0.5, 0.6) is 5.75 Å². The average Bonchev–Trinajstić information content (AvgIpc) is 3.69. The molecule has 170 valence electrons.